The number of hydrogen-bond donors (Lipinski definition) is 1. The van der Waals surface area contributed by atoms with Gasteiger partial charge in [-0.3, -0.25) is 0 Å². The SMILES string of the molecule is [2H]C([2H])([2H])C1([2H])N=C(N)OC1c1ccc2c(c1)OCO2. The summed E-state index contributed by atoms with van der Waals surface area (Å²) in [5.41, 5.74) is 5.90. The maximum absolute atomic E-state index is 8.13. The molecule has 0 saturated heterocycles. The predicted molar refractivity (Wildman–Crippen MR) is 57.5 cm³/mol. The number of nitrogens with two attached hydrogens (primary N) is 1. The zero-order valence-electron chi connectivity index (χ0n) is 12.3. The maximum atomic E-state index is 8.13. The fourth-order valence-electron chi connectivity index (χ4n) is 1.68. The van der Waals surface area contributed by atoms with E-state index in [1.165, 1.54) is 0 Å². The number of ether oxygens (including phenoxy) is 3. The summed E-state index contributed by atoms with van der Waals surface area (Å²) in [7, 11) is 0. The lowest BCUT2D eigenvalue weighted by Crippen LogP contribution is -2.14. The van der Waals surface area contributed by atoms with Crippen LogP contribution in [0.4, 0.5) is 0 Å². The fourth-order valence-corrected chi connectivity index (χ4v) is 1.68. The molecule has 5 nitrogen and oxygen atoms in total. The minimum atomic E-state index is -2.67. The molecule has 0 fully saturated rings. The van der Waals surface area contributed by atoms with Crippen LogP contribution in [0, 0.1) is 0 Å². The van der Waals surface area contributed by atoms with Crippen molar-refractivity contribution in [2.75, 3.05) is 6.79 Å². The number of nitrogens with zero attached hydrogens (tertiary/aromatic N) is 1. The van der Waals surface area contributed by atoms with Gasteiger partial charge in [0.1, 0.15) is 6.10 Å². The van der Waals surface area contributed by atoms with Gasteiger partial charge in [-0.2, -0.15) is 0 Å². The quantitative estimate of drug-likeness (QED) is 0.778. The van der Waals surface area contributed by atoms with Gasteiger partial charge in [0.25, 0.3) is 6.02 Å². The molecule has 0 amide bonds. The summed E-state index contributed by atoms with van der Waals surface area (Å²) in [5.74, 6) is 1.04. The van der Waals surface area contributed by atoms with E-state index in [1.807, 2.05) is 0 Å². The van der Waals surface area contributed by atoms with Gasteiger partial charge in [-0.1, -0.05) is 6.07 Å². The van der Waals surface area contributed by atoms with Crippen LogP contribution in [0.15, 0.2) is 23.2 Å². The van der Waals surface area contributed by atoms with Gasteiger partial charge in [-0.05, 0) is 24.5 Å². The molecule has 0 saturated carbocycles. The monoisotopic (exact) mass is 224 g/mol. The number of hydrogen-bond acceptors (Lipinski definition) is 5. The highest BCUT2D eigenvalue weighted by Crippen LogP contribution is 2.37. The molecule has 0 spiro atoms. The van der Waals surface area contributed by atoms with Crippen molar-refractivity contribution in [1.82, 2.24) is 0 Å². The summed E-state index contributed by atoms with van der Waals surface area (Å²) in [4.78, 5) is 3.65. The molecule has 16 heavy (non-hydrogen) atoms. The number of amidine groups is 1. The van der Waals surface area contributed by atoms with Crippen molar-refractivity contribution in [2.45, 2.75) is 19.0 Å². The summed E-state index contributed by atoms with van der Waals surface area (Å²) in [6.07, 6.45) is -1.12. The molecule has 2 N–H and O–H groups in total. The van der Waals surface area contributed by atoms with Gasteiger partial charge in [0.2, 0.25) is 6.79 Å². The minimum absolute atomic E-state index is 0.105. The molecule has 3 rings (SSSR count). The average Bonchev–Trinajstić information content (AvgIpc) is 2.92. The lowest BCUT2D eigenvalue weighted by molar-refractivity contribution is 0.173. The average molecular weight is 224 g/mol. The van der Waals surface area contributed by atoms with E-state index in [0.717, 1.165) is 0 Å². The van der Waals surface area contributed by atoms with Crippen molar-refractivity contribution in [3.8, 4) is 11.5 Å². The maximum Gasteiger partial charge on any atom is 0.283 e. The molecule has 0 aromatic heterocycles. The first kappa shape index (κ1) is 5.98. The zero-order chi connectivity index (χ0) is 14.5. The highest BCUT2D eigenvalue weighted by atomic mass is 16.7. The lowest BCUT2D eigenvalue weighted by atomic mass is 10.0. The Kier molecular flexibility index (Phi) is 1.23. The van der Waals surface area contributed by atoms with Gasteiger partial charge in [0.15, 0.2) is 11.5 Å². The third-order valence-corrected chi connectivity index (χ3v) is 2.42. The number of benzene rings is 1. The van der Waals surface area contributed by atoms with E-state index < -0.39 is 19.0 Å². The standard InChI is InChI=1S/C11H12N2O3/c1-6-10(16-11(12)13-6)7-2-3-8-9(4-7)15-5-14-8/h2-4,6,10H,5H2,1H3,(H2,12,13)/i1D3,6D. The number of rotatable bonds is 1. The van der Waals surface area contributed by atoms with E-state index in [1.54, 1.807) is 18.2 Å². The van der Waals surface area contributed by atoms with E-state index in [4.69, 9.17) is 25.4 Å². The smallest absolute Gasteiger partial charge is 0.283 e. The van der Waals surface area contributed by atoms with Crippen molar-refractivity contribution in [3.63, 3.8) is 0 Å². The van der Waals surface area contributed by atoms with Crippen LogP contribution in [-0.4, -0.2) is 18.8 Å². The normalized spacial score (nSPS) is 35.5. The van der Waals surface area contributed by atoms with E-state index in [-0.39, 0.29) is 12.8 Å². The van der Waals surface area contributed by atoms with E-state index >= 15 is 0 Å². The molecule has 2 atom stereocenters. The Bertz CT molecular complexity index is 590. The molecule has 84 valence electrons. The molecule has 0 bridgehead atoms. The zero-order valence-corrected chi connectivity index (χ0v) is 8.27. The topological polar surface area (TPSA) is 66.1 Å². The van der Waals surface area contributed by atoms with Crippen LogP contribution in [0.2, 0.25) is 0 Å². The molecular weight excluding hydrogens is 208 g/mol. The molecule has 1 aromatic carbocycles. The molecule has 2 aliphatic heterocycles. The Morgan fingerprint density at radius 3 is 3.25 bits per heavy atom. The predicted octanol–water partition coefficient (Wildman–Crippen LogP) is 1.19. The lowest BCUT2D eigenvalue weighted by Gasteiger charge is -2.14. The molecule has 0 radical (unpaired) electrons. The van der Waals surface area contributed by atoms with Crippen molar-refractivity contribution < 1.29 is 19.7 Å². The molecule has 1 aromatic rings. The Hall–Kier alpha value is -1.91. The van der Waals surface area contributed by atoms with Gasteiger partial charge in [-0.25, -0.2) is 4.99 Å². The first-order valence-electron chi connectivity index (χ1n) is 6.73. The minimum Gasteiger partial charge on any atom is -0.455 e. The van der Waals surface area contributed by atoms with Crippen LogP contribution in [0.3, 0.4) is 0 Å². The van der Waals surface area contributed by atoms with Gasteiger partial charge < -0.3 is 19.9 Å². The van der Waals surface area contributed by atoms with Crippen LogP contribution in [0.1, 0.15) is 24.0 Å². The van der Waals surface area contributed by atoms with Gasteiger partial charge in [-0.15, -0.1) is 0 Å². The largest absolute Gasteiger partial charge is 0.455 e. The summed E-state index contributed by atoms with van der Waals surface area (Å²) < 4.78 is 46.3. The second kappa shape index (κ2) is 3.30. The van der Waals surface area contributed by atoms with Crippen LogP contribution in [-0.2, 0) is 4.74 Å². The molecule has 2 aliphatic rings. The first-order valence-corrected chi connectivity index (χ1v) is 4.73. The Balaban J connectivity index is 2.02. The third-order valence-electron chi connectivity index (χ3n) is 2.42. The second-order valence-corrected chi connectivity index (χ2v) is 3.45. The number of aliphatic imine (C=N–C) groups is 1. The first-order chi connectivity index (χ1) is 9.31. The molecule has 5 heteroatoms. The third kappa shape index (κ3) is 1.36. The molecular formula is C11H12N2O3. The van der Waals surface area contributed by atoms with Crippen LogP contribution >= 0.6 is 0 Å². The van der Waals surface area contributed by atoms with Crippen LogP contribution in [0.25, 0.3) is 0 Å². The van der Waals surface area contributed by atoms with Gasteiger partial charge in [0.05, 0.1) is 7.39 Å². The highest BCUT2D eigenvalue weighted by Gasteiger charge is 2.29. The van der Waals surface area contributed by atoms with E-state index in [0.29, 0.717) is 17.1 Å². The Labute approximate surface area is 98.4 Å². The molecule has 2 heterocycles. The number of fused-ring (bicyclic) bond motifs is 1. The Morgan fingerprint density at radius 1 is 1.50 bits per heavy atom. The summed E-state index contributed by atoms with van der Waals surface area (Å²) in [5, 5.41) is 0. The van der Waals surface area contributed by atoms with Crippen molar-refractivity contribution in [2.24, 2.45) is 10.7 Å². The van der Waals surface area contributed by atoms with Crippen molar-refractivity contribution >= 4 is 6.02 Å². The van der Waals surface area contributed by atoms with Crippen LogP contribution in [0.5, 0.6) is 11.5 Å². The molecule has 0 aliphatic carbocycles. The van der Waals surface area contributed by atoms with Gasteiger partial charge in [0, 0.05) is 4.11 Å². The fraction of sp³-hybridized carbons (Fsp3) is 0.364. The summed E-state index contributed by atoms with van der Waals surface area (Å²) in [6.45, 7) is -2.57. The molecule has 2 unspecified atom stereocenters. The highest BCUT2D eigenvalue weighted by molar-refractivity contribution is 5.73. The van der Waals surface area contributed by atoms with E-state index in [2.05, 4.69) is 4.99 Å². The van der Waals surface area contributed by atoms with Crippen molar-refractivity contribution in [3.05, 3.63) is 23.8 Å². The Morgan fingerprint density at radius 2 is 2.38 bits per heavy atom. The van der Waals surface area contributed by atoms with Gasteiger partial charge >= 0.3 is 0 Å². The summed E-state index contributed by atoms with van der Waals surface area (Å²) in [6, 6.07) is 2.34. The second-order valence-electron chi connectivity index (χ2n) is 3.45. The van der Waals surface area contributed by atoms with E-state index in [9.17, 15) is 0 Å². The van der Waals surface area contributed by atoms with Crippen LogP contribution < -0.4 is 15.2 Å². The van der Waals surface area contributed by atoms with Crippen molar-refractivity contribution in [1.29, 1.82) is 0 Å². The summed E-state index contributed by atoms with van der Waals surface area (Å²) >= 11 is 0.